The number of carbonyl (C=O) groups is 2. The summed E-state index contributed by atoms with van der Waals surface area (Å²) in [6, 6.07) is 0. The molecular weight excluding hydrogens is 278 g/mol. The first-order valence-corrected chi connectivity index (χ1v) is 5.58. The maximum Gasteiger partial charge on any atom is 0.415 e. The van der Waals surface area contributed by atoms with E-state index in [9.17, 15) is 23.6 Å². The van der Waals surface area contributed by atoms with E-state index in [0.29, 0.717) is 12.8 Å². The van der Waals surface area contributed by atoms with Gasteiger partial charge in [-0.2, -0.15) is 13.1 Å². The first-order valence-electron chi connectivity index (χ1n) is 4.84. The van der Waals surface area contributed by atoms with Crippen molar-refractivity contribution >= 4 is 24.0 Å². The molecule has 0 spiro atoms. The van der Waals surface area contributed by atoms with E-state index in [1.54, 1.807) is 0 Å². The number of hydrogen-bond donors (Lipinski definition) is 0. The first-order chi connectivity index (χ1) is 8.45. The van der Waals surface area contributed by atoms with Gasteiger partial charge in [0.15, 0.2) is 6.61 Å². The van der Waals surface area contributed by atoms with Gasteiger partial charge in [0.2, 0.25) is 0 Å². The molecule has 1 saturated carbocycles. The molecule has 0 aliphatic heterocycles. The van der Waals surface area contributed by atoms with Crippen molar-refractivity contribution in [2.24, 2.45) is 0 Å². The highest BCUT2D eigenvalue weighted by molar-refractivity contribution is 7.96. The normalized spacial score (nSPS) is 15.9. The summed E-state index contributed by atoms with van der Waals surface area (Å²) in [7, 11) is 0. The molecular formula is C8H9F2O7S-. The van der Waals surface area contributed by atoms with Crippen LogP contribution < -0.4 is 5.26 Å². The molecule has 0 amide bonds. The summed E-state index contributed by atoms with van der Waals surface area (Å²) in [5.41, 5.74) is 0. The van der Waals surface area contributed by atoms with E-state index < -0.39 is 35.8 Å². The molecule has 1 aliphatic carbocycles. The second kappa shape index (κ2) is 6.83. The van der Waals surface area contributed by atoms with Crippen LogP contribution in [0, 0.1) is 0 Å². The smallest absolute Gasteiger partial charge is 0.415 e. The van der Waals surface area contributed by atoms with Crippen molar-refractivity contribution < 1.29 is 42.5 Å². The van der Waals surface area contributed by atoms with Crippen molar-refractivity contribution in [2.45, 2.75) is 30.6 Å². The summed E-state index contributed by atoms with van der Waals surface area (Å²) >= 11 is -0.827. The maximum atomic E-state index is 12.8. The minimum atomic E-state index is -4.15. The molecule has 0 heterocycles. The largest absolute Gasteiger partial charge is 0.691 e. The fraction of sp³-hybridized carbons (Fsp3) is 0.750. The molecule has 10 heteroatoms. The fourth-order valence-electron chi connectivity index (χ4n) is 1.01. The SMILES string of the molecule is O=C(COC(=O)C(F)(F)SOO[O-])OC1CCC1. The number of alkyl halides is 2. The Labute approximate surface area is 104 Å². The van der Waals surface area contributed by atoms with Gasteiger partial charge < -0.3 is 14.7 Å². The second-order valence-corrected chi connectivity index (χ2v) is 4.17. The van der Waals surface area contributed by atoms with Gasteiger partial charge in [-0.1, -0.05) is 0 Å². The number of ether oxygens (including phenoxy) is 2. The molecule has 0 saturated heterocycles. The summed E-state index contributed by atoms with van der Waals surface area (Å²) in [5, 5.41) is 7.83. The van der Waals surface area contributed by atoms with Gasteiger partial charge in [0.1, 0.15) is 18.1 Å². The van der Waals surface area contributed by atoms with Crippen LogP contribution in [-0.2, 0) is 28.4 Å². The molecule has 0 unspecified atom stereocenters. The number of halogens is 2. The van der Waals surface area contributed by atoms with Crippen molar-refractivity contribution in [3.8, 4) is 0 Å². The third kappa shape index (κ3) is 4.72. The molecule has 0 aromatic carbocycles. The van der Waals surface area contributed by atoms with Gasteiger partial charge in [0, 0.05) is 0 Å². The Kier molecular flexibility index (Phi) is 5.72. The Hall–Kier alpha value is -0.970. The zero-order chi connectivity index (χ0) is 13.6. The highest BCUT2D eigenvalue weighted by Gasteiger charge is 2.44. The van der Waals surface area contributed by atoms with Crippen LogP contribution in [0.3, 0.4) is 0 Å². The summed E-state index contributed by atoms with van der Waals surface area (Å²) in [5.74, 6) is -2.94. The summed E-state index contributed by atoms with van der Waals surface area (Å²) < 4.78 is 37.7. The predicted molar refractivity (Wildman–Crippen MR) is 49.4 cm³/mol. The number of hydrogen-bond acceptors (Lipinski definition) is 8. The standard InChI is InChI=1S/C8H10F2O7S/c9-8(10,18-17-16-13)7(12)14-4-6(11)15-5-2-1-3-5/h5,13H,1-4H2/p-1. The van der Waals surface area contributed by atoms with Crippen molar-refractivity contribution in [3.63, 3.8) is 0 Å². The van der Waals surface area contributed by atoms with Gasteiger partial charge in [-0.05, 0) is 19.3 Å². The zero-order valence-electron chi connectivity index (χ0n) is 8.93. The monoisotopic (exact) mass is 287 g/mol. The van der Waals surface area contributed by atoms with Crippen LogP contribution in [0.1, 0.15) is 19.3 Å². The molecule has 1 rings (SSSR count). The van der Waals surface area contributed by atoms with Crippen LogP contribution in [0.2, 0.25) is 0 Å². The highest BCUT2D eigenvalue weighted by Crippen LogP contribution is 2.31. The number of esters is 2. The van der Waals surface area contributed by atoms with Gasteiger partial charge in [-0.3, -0.25) is 5.04 Å². The van der Waals surface area contributed by atoms with Crippen LogP contribution in [0.4, 0.5) is 8.78 Å². The van der Waals surface area contributed by atoms with Crippen LogP contribution in [0.5, 0.6) is 0 Å². The molecule has 0 bridgehead atoms. The van der Waals surface area contributed by atoms with Gasteiger partial charge in [-0.25, -0.2) is 9.59 Å². The topological polar surface area (TPSA) is 94.1 Å². The third-order valence-electron chi connectivity index (χ3n) is 2.08. The Bertz CT molecular complexity index is 308. The minimum Gasteiger partial charge on any atom is -0.691 e. The Morgan fingerprint density at radius 2 is 2.06 bits per heavy atom. The molecule has 18 heavy (non-hydrogen) atoms. The maximum absolute atomic E-state index is 12.8. The lowest BCUT2D eigenvalue weighted by Gasteiger charge is -2.25. The molecule has 0 atom stereocenters. The number of rotatable bonds is 7. The van der Waals surface area contributed by atoms with E-state index in [0.717, 1.165) is 6.42 Å². The van der Waals surface area contributed by atoms with E-state index in [-0.39, 0.29) is 6.10 Å². The van der Waals surface area contributed by atoms with Crippen LogP contribution >= 0.6 is 12.0 Å². The molecule has 0 aromatic heterocycles. The zero-order valence-corrected chi connectivity index (χ0v) is 9.74. The van der Waals surface area contributed by atoms with Crippen LogP contribution in [0.15, 0.2) is 0 Å². The van der Waals surface area contributed by atoms with Crippen molar-refractivity contribution in [3.05, 3.63) is 0 Å². The van der Waals surface area contributed by atoms with E-state index in [2.05, 4.69) is 14.1 Å². The molecule has 1 aliphatic rings. The Balaban J connectivity index is 2.23. The molecule has 0 aromatic rings. The summed E-state index contributed by atoms with van der Waals surface area (Å²) in [6.07, 6.45) is 2.11. The lowest BCUT2D eigenvalue weighted by atomic mass is 9.96. The molecule has 104 valence electrons. The van der Waals surface area contributed by atoms with E-state index in [4.69, 9.17) is 4.74 Å². The van der Waals surface area contributed by atoms with Gasteiger partial charge in [0.25, 0.3) is 0 Å². The fourth-order valence-corrected chi connectivity index (χ4v) is 1.25. The summed E-state index contributed by atoms with van der Waals surface area (Å²) in [6.45, 7) is -0.927. The molecule has 0 radical (unpaired) electrons. The predicted octanol–water partition coefficient (Wildman–Crippen LogP) is 0.0898. The number of carbonyl (C=O) groups excluding carboxylic acids is 2. The van der Waals surface area contributed by atoms with Crippen LogP contribution in [0.25, 0.3) is 0 Å². The van der Waals surface area contributed by atoms with Gasteiger partial charge in [-0.15, -0.1) is 0 Å². The lowest BCUT2D eigenvalue weighted by Crippen LogP contribution is -2.32. The highest BCUT2D eigenvalue weighted by atomic mass is 32.2. The van der Waals surface area contributed by atoms with E-state index >= 15 is 0 Å². The van der Waals surface area contributed by atoms with E-state index in [1.165, 1.54) is 0 Å². The lowest BCUT2D eigenvalue weighted by molar-refractivity contribution is -0.777. The average Bonchev–Trinajstić information content (AvgIpc) is 2.28. The van der Waals surface area contributed by atoms with Crippen molar-refractivity contribution in [2.75, 3.05) is 6.61 Å². The molecule has 0 N–H and O–H groups in total. The quantitative estimate of drug-likeness (QED) is 0.281. The summed E-state index contributed by atoms with van der Waals surface area (Å²) in [4.78, 5) is 21.8. The average molecular weight is 287 g/mol. The Morgan fingerprint density at radius 1 is 1.39 bits per heavy atom. The van der Waals surface area contributed by atoms with Gasteiger partial charge in [0.05, 0.1) is 0 Å². The Morgan fingerprint density at radius 3 is 2.56 bits per heavy atom. The first kappa shape index (κ1) is 15.1. The second-order valence-electron chi connectivity index (χ2n) is 3.36. The molecule has 7 nitrogen and oxygen atoms in total. The van der Waals surface area contributed by atoms with Crippen LogP contribution in [-0.4, -0.2) is 29.9 Å². The van der Waals surface area contributed by atoms with Crippen molar-refractivity contribution in [1.82, 2.24) is 0 Å². The van der Waals surface area contributed by atoms with Gasteiger partial charge >= 0.3 is 17.2 Å². The van der Waals surface area contributed by atoms with E-state index in [1.807, 2.05) is 0 Å². The third-order valence-corrected chi connectivity index (χ3v) is 2.58. The minimum absolute atomic E-state index is 0.233. The van der Waals surface area contributed by atoms with Crippen molar-refractivity contribution in [1.29, 1.82) is 0 Å². The molecule has 1 fully saturated rings.